The van der Waals surface area contributed by atoms with Crippen LogP contribution in [0.1, 0.15) is 35.4 Å². The van der Waals surface area contributed by atoms with E-state index in [0.717, 1.165) is 18.7 Å². The van der Waals surface area contributed by atoms with E-state index in [0.29, 0.717) is 0 Å². The highest BCUT2D eigenvalue weighted by Crippen LogP contribution is 2.32. The Morgan fingerprint density at radius 2 is 2.16 bits per heavy atom. The van der Waals surface area contributed by atoms with E-state index in [-0.39, 0.29) is 6.04 Å². The molecule has 2 nitrogen and oxygen atoms in total. The van der Waals surface area contributed by atoms with Crippen molar-refractivity contribution in [3.8, 4) is 5.75 Å². The smallest absolute Gasteiger partial charge is 0.124 e. The van der Waals surface area contributed by atoms with E-state index >= 15 is 0 Å². The maximum absolute atomic E-state index is 5.55. The molecule has 1 aromatic carbocycles. The second kappa shape index (κ2) is 6.73. The lowest BCUT2D eigenvalue weighted by Crippen LogP contribution is -2.22. The van der Waals surface area contributed by atoms with Crippen LogP contribution in [-0.2, 0) is 0 Å². The average Bonchev–Trinajstić information content (AvgIpc) is 2.94. The molecule has 1 N–H and O–H groups in total. The second-order valence-corrected chi connectivity index (χ2v) is 5.63. The van der Waals surface area contributed by atoms with Gasteiger partial charge in [-0.3, -0.25) is 0 Å². The highest BCUT2D eigenvalue weighted by atomic mass is 32.1. The van der Waals surface area contributed by atoms with Gasteiger partial charge in [-0.2, -0.15) is 0 Å². The molecule has 1 unspecified atom stereocenters. The number of hydrogen-bond donors (Lipinski definition) is 1. The van der Waals surface area contributed by atoms with Gasteiger partial charge in [0.15, 0.2) is 0 Å². The molecule has 0 aliphatic heterocycles. The highest BCUT2D eigenvalue weighted by Gasteiger charge is 2.18. The summed E-state index contributed by atoms with van der Waals surface area (Å²) in [7, 11) is 1.74. The van der Waals surface area contributed by atoms with Gasteiger partial charge >= 0.3 is 0 Å². The first kappa shape index (κ1) is 14.1. The predicted octanol–water partition coefficient (Wildman–Crippen LogP) is 4.15. The molecular weight excluding hydrogens is 254 g/mol. The summed E-state index contributed by atoms with van der Waals surface area (Å²) in [5, 5.41) is 5.73. The number of aryl methyl sites for hydroxylation is 1. The third kappa shape index (κ3) is 3.37. The fourth-order valence-corrected chi connectivity index (χ4v) is 2.98. The molecule has 1 aromatic heterocycles. The van der Waals surface area contributed by atoms with E-state index in [4.69, 9.17) is 4.74 Å². The van der Waals surface area contributed by atoms with Crippen molar-refractivity contribution in [3.05, 3.63) is 51.7 Å². The molecule has 0 saturated carbocycles. The topological polar surface area (TPSA) is 21.3 Å². The number of benzene rings is 1. The fourth-order valence-electron chi connectivity index (χ4n) is 2.16. The first-order valence-corrected chi connectivity index (χ1v) is 7.55. The molecule has 0 aliphatic rings. The number of methoxy groups -OCH3 is 1. The molecule has 2 rings (SSSR count). The van der Waals surface area contributed by atoms with Crippen LogP contribution in [0.5, 0.6) is 5.75 Å². The summed E-state index contributed by atoms with van der Waals surface area (Å²) in [5.74, 6) is 0.960. The first-order valence-electron chi connectivity index (χ1n) is 6.67. The lowest BCUT2D eigenvalue weighted by atomic mass is 10.0. The third-order valence-electron chi connectivity index (χ3n) is 3.13. The molecule has 2 aromatic rings. The zero-order valence-electron chi connectivity index (χ0n) is 11.8. The molecule has 19 heavy (non-hydrogen) atoms. The molecule has 0 amide bonds. The first-order chi connectivity index (χ1) is 9.26. The summed E-state index contributed by atoms with van der Waals surface area (Å²) in [5.41, 5.74) is 2.44. The third-order valence-corrected chi connectivity index (χ3v) is 4.06. The minimum absolute atomic E-state index is 0.218. The summed E-state index contributed by atoms with van der Waals surface area (Å²) >= 11 is 1.78. The Morgan fingerprint density at radius 3 is 2.79 bits per heavy atom. The number of ether oxygens (including phenoxy) is 1. The maximum Gasteiger partial charge on any atom is 0.124 e. The van der Waals surface area contributed by atoms with Crippen molar-refractivity contribution < 1.29 is 4.74 Å². The van der Waals surface area contributed by atoms with Gasteiger partial charge in [0.2, 0.25) is 0 Å². The van der Waals surface area contributed by atoms with Crippen LogP contribution < -0.4 is 10.1 Å². The van der Waals surface area contributed by atoms with Gasteiger partial charge in [0.25, 0.3) is 0 Å². The zero-order chi connectivity index (χ0) is 13.7. The lowest BCUT2D eigenvalue weighted by Gasteiger charge is -2.20. The molecule has 0 aliphatic carbocycles. The van der Waals surface area contributed by atoms with Crippen molar-refractivity contribution in [2.45, 2.75) is 26.3 Å². The Balaban J connectivity index is 2.37. The Bertz CT molecular complexity index is 507. The van der Waals surface area contributed by atoms with E-state index in [1.54, 1.807) is 18.4 Å². The largest absolute Gasteiger partial charge is 0.496 e. The van der Waals surface area contributed by atoms with Crippen LogP contribution in [0.3, 0.4) is 0 Å². The molecule has 0 fully saturated rings. The van der Waals surface area contributed by atoms with E-state index in [2.05, 4.69) is 54.9 Å². The Morgan fingerprint density at radius 1 is 1.32 bits per heavy atom. The number of rotatable bonds is 6. The molecule has 102 valence electrons. The summed E-state index contributed by atoms with van der Waals surface area (Å²) in [6, 6.07) is 10.9. The number of nitrogens with one attached hydrogen (secondary N) is 1. The lowest BCUT2D eigenvalue weighted by molar-refractivity contribution is 0.404. The van der Waals surface area contributed by atoms with E-state index in [1.165, 1.54) is 16.0 Å². The van der Waals surface area contributed by atoms with Gasteiger partial charge in [-0.15, -0.1) is 11.3 Å². The number of hydrogen-bond acceptors (Lipinski definition) is 3. The number of thiophene rings is 1. The average molecular weight is 275 g/mol. The molecular formula is C16H21NOS. The molecule has 0 saturated heterocycles. The van der Waals surface area contributed by atoms with Gasteiger partial charge in [0.1, 0.15) is 5.75 Å². The normalized spacial score (nSPS) is 12.4. The Labute approximate surface area is 119 Å². The van der Waals surface area contributed by atoms with Crippen molar-refractivity contribution in [1.82, 2.24) is 5.32 Å². The van der Waals surface area contributed by atoms with E-state index < -0.39 is 0 Å². The summed E-state index contributed by atoms with van der Waals surface area (Å²) < 4.78 is 5.55. The monoisotopic (exact) mass is 275 g/mol. The van der Waals surface area contributed by atoms with Crippen LogP contribution >= 0.6 is 11.3 Å². The van der Waals surface area contributed by atoms with Crippen molar-refractivity contribution in [1.29, 1.82) is 0 Å². The fraction of sp³-hybridized carbons (Fsp3) is 0.375. The van der Waals surface area contributed by atoms with Crippen LogP contribution in [0.4, 0.5) is 0 Å². The van der Waals surface area contributed by atoms with E-state index in [9.17, 15) is 0 Å². The summed E-state index contributed by atoms with van der Waals surface area (Å²) in [6.45, 7) is 5.27. The predicted molar refractivity (Wildman–Crippen MR) is 82.2 cm³/mol. The van der Waals surface area contributed by atoms with Gasteiger partial charge in [-0.25, -0.2) is 0 Å². The van der Waals surface area contributed by atoms with Gasteiger partial charge in [0.05, 0.1) is 13.2 Å². The minimum Gasteiger partial charge on any atom is -0.496 e. The minimum atomic E-state index is 0.218. The van der Waals surface area contributed by atoms with Gasteiger partial charge in [0, 0.05) is 10.4 Å². The van der Waals surface area contributed by atoms with Gasteiger partial charge < -0.3 is 10.1 Å². The highest BCUT2D eigenvalue weighted by molar-refractivity contribution is 7.10. The quantitative estimate of drug-likeness (QED) is 0.855. The zero-order valence-corrected chi connectivity index (χ0v) is 12.6. The van der Waals surface area contributed by atoms with Crippen LogP contribution in [-0.4, -0.2) is 13.7 Å². The van der Waals surface area contributed by atoms with Crippen molar-refractivity contribution in [3.63, 3.8) is 0 Å². The molecule has 3 heteroatoms. The van der Waals surface area contributed by atoms with Crippen LogP contribution in [0, 0.1) is 6.92 Å². The summed E-state index contributed by atoms with van der Waals surface area (Å²) in [4.78, 5) is 1.33. The summed E-state index contributed by atoms with van der Waals surface area (Å²) in [6.07, 6.45) is 1.12. The van der Waals surface area contributed by atoms with E-state index in [1.807, 2.05) is 0 Å². The molecule has 0 spiro atoms. The van der Waals surface area contributed by atoms with Gasteiger partial charge in [-0.05, 0) is 43.0 Å². The SMILES string of the molecule is CCCNC(c1cccs1)c1ccc(C)cc1OC. The van der Waals surface area contributed by atoms with Crippen LogP contribution in [0.15, 0.2) is 35.7 Å². The standard InChI is InChI=1S/C16H21NOS/c1-4-9-17-16(15-6-5-10-19-15)13-8-7-12(2)11-14(13)18-3/h5-8,10-11,16-17H,4,9H2,1-3H3. The van der Waals surface area contributed by atoms with Crippen LogP contribution in [0.2, 0.25) is 0 Å². The van der Waals surface area contributed by atoms with Gasteiger partial charge in [-0.1, -0.05) is 25.1 Å². The molecule has 0 bridgehead atoms. The Kier molecular flexibility index (Phi) is 5.00. The second-order valence-electron chi connectivity index (χ2n) is 4.65. The molecule has 1 atom stereocenters. The van der Waals surface area contributed by atoms with Crippen molar-refractivity contribution >= 4 is 11.3 Å². The molecule has 1 heterocycles. The maximum atomic E-state index is 5.55. The van der Waals surface area contributed by atoms with Crippen LogP contribution in [0.25, 0.3) is 0 Å². The molecule has 0 radical (unpaired) electrons. The Hall–Kier alpha value is -1.32. The van der Waals surface area contributed by atoms with Crippen molar-refractivity contribution in [2.75, 3.05) is 13.7 Å². The van der Waals surface area contributed by atoms with Crippen molar-refractivity contribution in [2.24, 2.45) is 0 Å².